The van der Waals surface area contributed by atoms with Gasteiger partial charge < -0.3 is 0 Å². The van der Waals surface area contributed by atoms with E-state index in [1.165, 1.54) is 69.3 Å². The first kappa shape index (κ1) is 40.3. The minimum absolute atomic E-state index is 0.802. The molecule has 0 spiro atoms. The third-order valence-electron chi connectivity index (χ3n) is 12.4. The van der Waals surface area contributed by atoms with Gasteiger partial charge in [0.2, 0.25) is 0 Å². The summed E-state index contributed by atoms with van der Waals surface area (Å²) in [5, 5.41) is 11.0. The molecular weight excluding hydrogens is 777 g/mol. The van der Waals surface area contributed by atoms with Crippen molar-refractivity contribution in [1.82, 2.24) is 0 Å². The topological polar surface area (TPSA) is 0 Å². The lowest BCUT2D eigenvalue weighted by Crippen LogP contribution is -2.74. The molecule has 0 bridgehead atoms. The monoisotopic (exact) mass is 826 g/mol. The van der Waals surface area contributed by atoms with Gasteiger partial charge in [0, 0.05) is 0 Å². The normalized spacial score (nSPS) is 12.0. The van der Waals surface area contributed by atoms with Crippen molar-refractivity contribution >= 4 is 69.3 Å². The molecule has 0 atom stereocenters. The Morgan fingerprint density at radius 3 is 1.13 bits per heavy atom. The van der Waals surface area contributed by atoms with Gasteiger partial charge in [0.05, 0.1) is 0 Å². The molecule has 2 heteroatoms. The quantitative estimate of drug-likeness (QED) is 0.0619. The maximum Gasteiger partial charge on any atom is 0.179 e. The van der Waals surface area contributed by atoms with Gasteiger partial charge >= 0.3 is 0 Å². The molecule has 0 saturated heterocycles. The molecule has 0 radical (unpaired) electrons. The number of hydrogen-bond acceptors (Lipinski definition) is 0. The van der Waals surface area contributed by atoms with Gasteiger partial charge in [-0.2, -0.15) is 0 Å². The molecule has 0 saturated carbocycles. The molecule has 0 unspecified atom stereocenters. The third kappa shape index (κ3) is 7.95. The highest BCUT2D eigenvalue weighted by molar-refractivity contribution is 7.20. The summed E-state index contributed by atoms with van der Waals surface area (Å²) in [5.74, 6) is 0. The lowest BCUT2D eigenvalue weighted by molar-refractivity contribution is 1.27. The van der Waals surface area contributed by atoms with Crippen LogP contribution in [0.15, 0.2) is 267 Å². The molecule has 0 nitrogen and oxygen atoms in total. The van der Waals surface area contributed by atoms with Gasteiger partial charge in [0.1, 0.15) is 0 Å². The Hall–Kier alpha value is -7.11. The van der Waals surface area contributed by atoms with Crippen LogP contribution < -0.4 is 41.5 Å². The number of allylic oxidation sites excluding steroid dienone is 3. The van der Waals surface area contributed by atoms with Crippen LogP contribution in [-0.4, -0.2) is 16.1 Å². The molecule has 9 aromatic rings. The van der Waals surface area contributed by atoms with Crippen LogP contribution in [0.2, 0.25) is 0 Å². The van der Waals surface area contributed by atoms with E-state index in [1.54, 1.807) is 0 Å². The molecule has 9 rings (SSSR count). The number of benzene rings is 9. The largest absolute Gasteiger partial charge is 0.179 e. The maximum absolute atomic E-state index is 2.66. The molecule has 0 aliphatic heterocycles. The van der Waals surface area contributed by atoms with Gasteiger partial charge in [0.15, 0.2) is 16.1 Å². The van der Waals surface area contributed by atoms with Crippen molar-refractivity contribution in [3.8, 4) is 0 Å². The van der Waals surface area contributed by atoms with Gasteiger partial charge in [-0.3, -0.25) is 0 Å². The van der Waals surface area contributed by atoms with Crippen LogP contribution in [0, 0.1) is 6.92 Å². The SMILES string of the molecule is Cc1ccccc1C(/C=C/c1cccc([Si](c2ccccc2)(c2ccccc2)c2ccccc2)c1)=C/Cc1cccc([Si](c2ccccc2)(c2ccccc2)c2ccccc2)c1. The summed E-state index contributed by atoms with van der Waals surface area (Å²) < 4.78 is 0. The summed E-state index contributed by atoms with van der Waals surface area (Å²) in [5.41, 5.74) is 6.22. The van der Waals surface area contributed by atoms with Crippen LogP contribution in [0.5, 0.6) is 0 Å². The zero-order valence-electron chi connectivity index (χ0n) is 35.2. The second-order valence-electron chi connectivity index (χ2n) is 16.0. The second-order valence-corrected chi connectivity index (χ2v) is 23.7. The summed E-state index contributed by atoms with van der Waals surface area (Å²) in [6.45, 7) is 2.22. The first-order valence-electron chi connectivity index (χ1n) is 21.6. The van der Waals surface area contributed by atoms with Gasteiger partial charge in [-0.25, -0.2) is 0 Å². The van der Waals surface area contributed by atoms with Crippen LogP contribution in [0.25, 0.3) is 11.6 Å². The van der Waals surface area contributed by atoms with E-state index in [0.29, 0.717) is 0 Å². The molecule has 0 heterocycles. The van der Waals surface area contributed by atoms with E-state index >= 15 is 0 Å². The molecule has 0 fully saturated rings. The first-order valence-corrected chi connectivity index (χ1v) is 25.6. The Kier molecular flexibility index (Phi) is 12.1. The van der Waals surface area contributed by atoms with Gasteiger partial charge in [0.25, 0.3) is 0 Å². The van der Waals surface area contributed by atoms with E-state index < -0.39 is 16.1 Å². The molecule has 0 aliphatic rings. The summed E-state index contributed by atoms with van der Waals surface area (Å²) in [4.78, 5) is 0. The Morgan fingerprint density at radius 1 is 0.355 bits per heavy atom. The fourth-order valence-corrected chi connectivity index (χ4v) is 19.1. The van der Waals surface area contributed by atoms with Crippen molar-refractivity contribution in [1.29, 1.82) is 0 Å². The molecule has 0 amide bonds. The first-order chi connectivity index (χ1) is 30.7. The predicted octanol–water partition coefficient (Wildman–Crippen LogP) is 9.09. The summed E-state index contributed by atoms with van der Waals surface area (Å²) >= 11 is 0. The fourth-order valence-electron chi connectivity index (χ4n) is 9.51. The molecule has 9 aromatic carbocycles. The molecule has 0 aromatic heterocycles. The summed E-state index contributed by atoms with van der Waals surface area (Å²) in [6.07, 6.45) is 7.88. The van der Waals surface area contributed by atoms with Crippen molar-refractivity contribution in [2.45, 2.75) is 13.3 Å². The number of rotatable bonds is 13. The lowest BCUT2D eigenvalue weighted by Gasteiger charge is -2.34. The highest BCUT2D eigenvalue weighted by Gasteiger charge is 2.42. The Balaban J connectivity index is 1.14. The average molecular weight is 827 g/mol. The van der Waals surface area contributed by atoms with Crippen molar-refractivity contribution in [2.24, 2.45) is 0 Å². The van der Waals surface area contributed by atoms with E-state index in [4.69, 9.17) is 0 Å². The highest BCUT2D eigenvalue weighted by Crippen LogP contribution is 2.23. The van der Waals surface area contributed by atoms with Crippen molar-refractivity contribution in [3.63, 3.8) is 0 Å². The predicted molar refractivity (Wildman–Crippen MR) is 272 cm³/mol. The van der Waals surface area contributed by atoms with Crippen LogP contribution in [0.1, 0.15) is 22.3 Å². The second kappa shape index (κ2) is 18.7. The zero-order valence-corrected chi connectivity index (χ0v) is 37.2. The molecule has 62 heavy (non-hydrogen) atoms. The smallest absolute Gasteiger partial charge is 0.0722 e. The van der Waals surface area contributed by atoms with Crippen molar-refractivity contribution < 1.29 is 0 Å². The Bertz CT molecular complexity index is 2710. The Morgan fingerprint density at radius 2 is 0.710 bits per heavy atom. The summed E-state index contributed by atoms with van der Waals surface area (Å²) in [7, 11) is -5.31. The molecule has 298 valence electrons. The molecule has 0 aliphatic carbocycles. The van der Waals surface area contributed by atoms with Crippen LogP contribution >= 0.6 is 0 Å². The number of hydrogen-bond donors (Lipinski definition) is 0. The van der Waals surface area contributed by atoms with Gasteiger partial charge in [-0.1, -0.05) is 273 Å². The lowest BCUT2D eigenvalue weighted by atomic mass is 9.97. The minimum Gasteiger partial charge on any atom is -0.0722 e. The van der Waals surface area contributed by atoms with E-state index in [-0.39, 0.29) is 0 Å². The zero-order chi connectivity index (χ0) is 42.0. The van der Waals surface area contributed by atoms with Crippen molar-refractivity contribution in [2.75, 3.05) is 0 Å². The van der Waals surface area contributed by atoms with Gasteiger partial charge in [-0.15, -0.1) is 0 Å². The third-order valence-corrected chi connectivity index (χ3v) is 21.9. The average Bonchev–Trinajstić information content (AvgIpc) is 3.35. The van der Waals surface area contributed by atoms with Crippen LogP contribution in [0.4, 0.5) is 0 Å². The molecular formula is C60H50Si2. The van der Waals surface area contributed by atoms with Crippen LogP contribution in [-0.2, 0) is 6.42 Å². The van der Waals surface area contributed by atoms with Gasteiger partial charge in [-0.05, 0) is 82.7 Å². The Labute approximate surface area is 369 Å². The minimum atomic E-state index is -2.66. The fraction of sp³-hybridized carbons (Fsp3) is 0.0333. The molecule has 0 N–H and O–H groups in total. The van der Waals surface area contributed by atoms with Crippen LogP contribution in [0.3, 0.4) is 0 Å². The number of aryl methyl sites for hydroxylation is 1. The summed E-state index contributed by atoms with van der Waals surface area (Å²) in [6, 6.07) is 94.5. The van der Waals surface area contributed by atoms with Crippen molar-refractivity contribution in [3.05, 3.63) is 289 Å². The van der Waals surface area contributed by atoms with E-state index in [0.717, 1.165) is 6.42 Å². The van der Waals surface area contributed by atoms with E-state index in [1.807, 2.05) is 0 Å². The van der Waals surface area contributed by atoms with E-state index in [2.05, 4.69) is 280 Å². The highest BCUT2D eigenvalue weighted by atomic mass is 28.3. The maximum atomic E-state index is 2.49. The standard InChI is InChI=1S/C60H50Si2/c1-48-24-20-21-41-60(48)51(44-42-49-25-22-39-58(46-49)61(52-27-8-2-9-28-52,53-29-10-3-11-30-53)54-31-12-4-13-32-54)45-43-50-26-23-40-59(47-50)62(55-33-14-5-15-34-55,56-35-16-6-17-36-56)57-37-18-7-19-38-57/h2-42,44-47H,43H2,1H3/b44-42+,51-45+. The van der Waals surface area contributed by atoms with E-state index in [9.17, 15) is 0 Å².